The number of rotatable bonds is 3. The summed E-state index contributed by atoms with van der Waals surface area (Å²) in [6, 6.07) is 15.4. The number of nitrogens with zero attached hydrogens (tertiary/aromatic N) is 3. The van der Waals surface area contributed by atoms with Gasteiger partial charge in [-0.3, -0.25) is 9.59 Å². The zero-order chi connectivity index (χ0) is 20.9. The molecule has 0 unspecified atom stereocenters. The van der Waals surface area contributed by atoms with Crippen LogP contribution in [0, 0.1) is 0 Å². The molecule has 7 nitrogen and oxygen atoms in total. The fraction of sp³-hybridized carbons (Fsp3) is 0.261. The third-order valence-corrected chi connectivity index (χ3v) is 6.10. The van der Waals surface area contributed by atoms with E-state index in [1.807, 2.05) is 49.4 Å². The summed E-state index contributed by atoms with van der Waals surface area (Å²) in [5, 5.41) is 6.74. The molecular formula is C23H22N4O3. The summed E-state index contributed by atoms with van der Waals surface area (Å²) in [5.41, 5.74) is 2.55. The number of aromatic amines is 1. The number of H-pyrrole nitrogens is 1. The number of carbonyl (C=O) groups is 2. The summed E-state index contributed by atoms with van der Waals surface area (Å²) < 4.78 is 5.23. The van der Waals surface area contributed by atoms with E-state index in [9.17, 15) is 9.59 Å². The second-order valence-electron chi connectivity index (χ2n) is 7.78. The number of piperazine rings is 1. The van der Waals surface area contributed by atoms with E-state index in [1.165, 1.54) is 5.01 Å². The summed E-state index contributed by atoms with van der Waals surface area (Å²) in [6.07, 6.45) is 2.31. The Morgan fingerprint density at radius 1 is 1.17 bits per heavy atom. The number of hydrogen-bond acceptors (Lipinski definition) is 4. The highest BCUT2D eigenvalue weighted by molar-refractivity contribution is 6.01. The number of ether oxygens (including phenoxy) is 1. The minimum absolute atomic E-state index is 0.0650. The van der Waals surface area contributed by atoms with Crippen LogP contribution in [0.4, 0.5) is 0 Å². The van der Waals surface area contributed by atoms with Crippen molar-refractivity contribution in [1.29, 1.82) is 0 Å². The van der Waals surface area contributed by atoms with E-state index in [-0.39, 0.29) is 18.4 Å². The van der Waals surface area contributed by atoms with Gasteiger partial charge in [-0.15, -0.1) is 0 Å². The molecule has 2 aliphatic rings. The zero-order valence-corrected chi connectivity index (χ0v) is 16.9. The Morgan fingerprint density at radius 3 is 2.83 bits per heavy atom. The lowest BCUT2D eigenvalue weighted by molar-refractivity contribution is -0.165. The van der Waals surface area contributed by atoms with Gasteiger partial charge in [-0.2, -0.15) is 5.10 Å². The summed E-state index contributed by atoms with van der Waals surface area (Å²) in [7, 11) is 1.60. The fourth-order valence-corrected chi connectivity index (χ4v) is 4.54. The first-order valence-electron chi connectivity index (χ1n) is 9.93. The molecule has 3 heterocycles. The van der Waals surface area contributed by atoms with E-state index in [1.54, 1.807) is 18.2 Å². The number of nitrogens with one attached hydrogen (secondary N) is 1. The molecular weight excluding hydrogens is 380 g/mol. The smallest absolute Gasteiger partial charge is 0.275 e. The highest BCUT2D eigenvalue weighted by Crippen LogP contribution is 2.41. The average Bonchev–Trinajstić information content (AvgIpc) is 3.16. The molecule has 5 rings (SSSR count). The predicted molar refractivity (Wildman–Crippen MR) is 113 cm³/mol. The molecule has 30 heavy (non-hydrogen) atoms. The van der Waals surface area contributed by atoms with Gasteiger partial charge in [-0.05, 0) is 42.7 Å². The van der Waals surface area contributed by atoms with Crippen LogP contribution in [-0.4, -0.2) is 53.1 Å². The van der Waals surface area contributed by atoms with Gasteiger partial charge in [0.05, 0.1) is 19.0 Å². The minimum atomic E-state index is -1.10. The first kappa shape index (κ1) is 18.4. The Kier molecular flexibility index (Phi) is 4.13. The molecule has 3 aromatic rings. The monoisotopic (exact) mass is 402 g/mol. The van der Waals surface area contributed by atoms with Crippen molar-refractivity contribution in [3.05, 3.63) is 65.4 Å². The van der Waals surface area contributed by atoms with Crippen molar-refractivity contribution in [3.8, 4) is 5.75 Å². The zero-order valence-electron chi connectivity index (χ0n) is 16.9. The Labute approximate surface area is 173 Å². The van der Waals surface area contributed by atoms with E-state index in [0.717, 1.165) is 34.1 Å². The Bertz CT molecular complexity index is 1200. The average molecular weight is 402 g/mol. The number of aromatic nitrogens is 1. The van der Waals surface area contributed by atoms with Gasteiger partial charge < -0.3 is 14.6 Å². The van der Waals surface area contributed by atoms with Crippen LogP contribution >= 0.6 is 0 Å². The minimum Gasteiger partial charge on any atom is -0.497 e. The van der Waals surface area contributed by atoms with E-state index in [4.69, 9.17) is 4.74 Å². The number of fused-ring (bicyclic) bond motifs is 5. The van der Waals surface area contributed by atoms with Gasteiger partial charge in [0.25, 0.3) is 5.91 Å². The van der Waals surface area contributed by atoms with E-state index in [0.29, 0.717) is 12.3 Å². The van der Waals surface area contributed by atoms with Crippen LogP contribution in [0.25, 0.3) is 10.9 Å². The molecule has 1 N–H and O–H groups in total. The number of amides is 2. The number of para-hydroxylation sites is 1. The molecule has 0 saturated carbocycles. The molecule has 0 spiro atoms. The van der Waals surface area contributed by atoms with Crippen molar-refractivity contribution in [3.63, 3.8) is 0 Å². The van der Waals surface area contributed by atoms with Crippen LogP contribution in [0.3, 0.4) is 0 Å². The number of carbonyl (C=O) groups excluding carboxylic acids is 2. The Morgan fingerprint density at radius 2 is 2.00 bits per heavy atom. The van der Waals surface area contributed by atoms with Crippen LogP contribution in [0.1, 0.15) is 23.7 Å². The molecule has 1 aromatic heterocycles. The van der Waals surface area contributed by atoms with Crippen LogP contribution in [0.5, 0.6) is 5.75 Å². The highest BCUT2D eigenvalue weighted by Gasteiger charge is 2.54. The maximum atomic E-state index is 13.6. The van der Waals surface area contributed by atoms with Gasteiger partial charge in [0.15, 0.2) is 5.54 Å². The lowest BCUT2D eigenvalue weighted by atomic mass is 9.83. The maximum Gasteiger partial charge on any atom is 0.275 e. The normalized spacial score (nSPS) is 21.3. The molecule has 7 heteroatoms. The molecule has 0 aliphatic carbocycles. The third-order valence-electron chi connectivity index (χ3n) is 6.10. The third kappa shape index (κ3) is 2.62. The van der Waals surface area contributed by atoms with Crippen molar-refractivity contribution < 1.29 is 14.3 Å². The largest absolute Gasteiger partial charge is 0.497 e. The molecule has 2 amide bonds. The summed E-state index contributed by atoms with van der Waals surface area (Å²) in [4.78, 5) is 31.6. The van der Waals surface area contributed by atoms with Crippen LogP contribution in [0.15, 0.2) is 53.6 Å². The van der Waals surface area contributed by atoms with Crippen molar-refractivity contribution >= 4 is 28.9 Å². The SMILES string of the molecule is COc1cccc(/C=N/N2CC(=O)N3CCc4c([nH]c5ccccc45)[C@]3(C)C2=O)c1. The van der Waals surface area contributed by atoms with Gasteiger partial charge in [-0.1, -0.05) is 30.3 Å². The lowest BCUT2D eigenvalue weighted by Crippen LogP contribution is -2.65. The number of hydrogen-bond donors (Lipinski definition) is 1. The molecule has 1 saturated heterocycles. The first-order chi connectivity index (χ1) is 14.5. The van der Waals surface area contributed by atoms with Crippen LogP contribution in [0.2, 0.25) is 0 Å². The van der Waals surface area contributed by atoms with Crippen LogP contribution in [-0.2, 0) is 21.5 Å². The predicted octanol–water partition coefficient (Wildman–Crippen LogP) is 2.65. The van der Waals surface area contributed by atoms with Gasteiger partial charge in [-0.25, -0.2) is 5.01 Å². The fourth-order valence-electron chi connectivity index (χ4n) is 4.54. The van der Waals surface area contributed by atoms with Crippen molar-refractivity contribution in [2.24, 2.45) is 5.10 Å². The van der Waals surface area contributed by atoms with E-state index in [2.05, 4.69) is 16.2 Å². The second-order valence-corrected chi connectivity index (χ2v) is 7.78. The number of methoxy groups -OCH3 is 1. The summed E-state index contributed by atoms with van der Waals surface area (Å²) in [6.45, 7) is 2.27. The highest BCUT2D eigenvalue weighted by atomic mass is 16.5. The number of benzene rings is 2. The quantitative estimate of drug-likeness (QED) is 0.684. The van der Waals surface area contributed by atoms with Gasteiger partial charge in [0.2, 0.25) is 5.91 Å². The van der Waals surface area contributed by atoms with Crippen molar-refractivity contribution in [2.45, 2.75) is 18.9 Å². The van der Waals surface area contributed by atoms with E-state index < -0.39 is 5.54 Å². The Balaban J connectivity index is 1.54. The number of hydrazone groups is 1. The van der Waals surface area contributed by atoms with Gasteiger partial charge in [0, 0.05) is 17.4 Å². The van der Waals surface area contributed by atoms with Gasteiger partial charge >= 0.3 is 0 Å². The molecule has 152 valence electrons. The van der Waals surface area contributed by atoms with Gasteiger partial charge in [0.1, 0.15) is 12.3 Å². The van der Waals surface area contributed by atoms with E-state index >= 15 is 0 Å². The summed E-state index contributed by atoms with van der Waals surface area (Å²) >= 11 is 0. The topological polar surface area (TPSA) is 78.0 Å². The Hall–Kier alpha value is -3.61. The molecule has 0 radical (unpaired) electrons. The molecule has 2 aromatic carbocycles. The first-order valence-corrected chi connectivity index (χ1v) is 9.93. The lowest BCUT2D eigenvalue weighted by Gasteiger charge is -2.48. The van der Waals surface area contributed by atoms with Crippen LogP contribution < -0.4 is 4.74 Å². The molecule has 1 fully saturated rings. The maximum absolute atomic E-state index is 13.6. The second kappa shape index (κ2) is 6.73. The molecule has 0 bridgehead atoms. The standard InChI is InChI=1S/C23H22N4O3/c1-23-21-18(17-8-3-4-9-19(17)25-21)10-11-26(23)20(28)14-27(22(23)29)24-13-15-6-5-7-16(12-15)30-2/h3-9,12-13,25H,10-11,14H2,1-2H3/b24-13+/t23-/m1/s1. The van der Waals surface area contributed by atoms with Crippen molar-refractivity contribution in [2.75, 3.05) is 20.2 Å². The van der Waals surface area contributed by atoms with Crippen molar-refractivity contribution in [1.82, 2.24) is 14.9 Å². The summed E-state index contributed by atoms with van der Waals surface area (Å²) in [5.74, 6) is 0.381. The molecule has 1 atom stereocenters. The molecule has 2 aliphatic heterocycles.